The van der Waals surface area contributed by atoms with Gasteiger partial charge in [0.15, 0.2) is 13.3 Å². The molecule has 0 radical (unpaired) electrons. The zero-order valence-electron chi connectivity index (χ0n) is 13.0. The van der Waals surface area contributed by atoms with Gasteiger partial charge in [-0.15, -0.1) is 17.5 Å². The molecule has 0 aliphatic carbocycles. The molecule has 0 fully saturated rings. The second kappa shape index (κ2) is 16.0. The van der Waals surface area contributed by atoms with Crippen molar-refractivity contribution in [2.24, 2.45) is 0 Å². The van der Waals surface area contributed by atoms with Gasteiger partial charge in [-0.25, -0.2) is 13.6 Å². The molecule has 0 aromatic rings. The van der Waals surface area contributed by atoms with Crippen molar-refractivity contribution in [1.82, 2.24) is 10.2 Å². The van der Waals surface area contributed by atoms with Crippen LogP contribution >= 0.6 is 0 Å². The smallest absolute Gasteiger partial charge is 0.416 e. The molecule has 0 spiro atoms. The molecule has 0 heterocycles. The van der Waals surface area contributed by atoms with E-state index < -0.39 is 23.7 Å². The molecule has 5 nitrogen and oxygen atoms in total. The van der Waals surface area contributed by atoms with Gasteiger partial charge in [-0.1, -0.05) is 0 Å². The lowest BCUT2D eigenvalue weighted by atomic mass is 10.8. The van der Waals surface area contributed by atoms with E-state index in [0.29, 0.717) is 0 Å². The number of alkyl halides is 5. The highest BCUT2D eigenvalue weighted by molar-refractivity contribution is 5.65. The van der Waals surface area contributed by atoms with Crippen LogP contribution in [0.1, 0.15) is 0 Å². The second-order valence-corrected chi connectivity index (χ2v) is 4.13. The number of nitrogens with one attached hydrogen (secondary N) is 1. The maximum Gasteiger partial charge on any atom is 0.416 e. The topological polar surface area (TPSA) is 55.4 Å². The van der Waals surface area contributed by atoms with Gasteiger partial charge in [-0.2, -0.15) is 13.2 Å². The van der Waals surface area contributed by atoms with E-state index in [1.807, 2.05) is 0 Å². The summed E-state index contributed by atoms with van der Waals surface area (Å²) >= 11 is 0. The number of hydroxylamine groups is 3. The third kappa shape index (κ3) is 62.3. The van der Waals surface area contributed by atoms with Gasteiger partial charge < -0.3 is 9.85 Å². The van der Waals surface area contributed by atoms with Crippen LogP contribution in [-0.4, -0.2) is 70.2 Å². The number of rotatable bonds is 3. The summed E-state index contributed by atoms with van der Waals surface area (Å²) in [6, 6.07) is 0. The zero-order chi connectivity index (χ0) is 19.0. The number of carbonyl (C=O) groups excluding carboxylic acids is 1. The summed E-state index contributed by atoms with van der Waals surface area (Å²) in [5, 5.41) is 12.3. The second-order valence-electron chi connectivity index (χ2n) is 4.13. The molecule has 0 unspecified atom stereocenters. The summed E-state index contributed by atoms with van der Waals surface area (Å²) in [6.07, 6.45) is -6.29. The molecule has 0 aromatic carbocycles. The van der Waals surface area contributed by atoms with Crippen molar-refractivity contribution in [3.05, 3.63) is 18.4 Å². The lowest BCUT2D eigenvalue weighted by Crippen LogP contribution is -2.42. The maximum atomic E-state index is 11.3. The van der Waals surface area contributed by atoms with Crippen molar-refractivity contribution < 1.29 is 35.8 Å². The quantitative estimate of drug-likeness (QED) is 0.163. The van der Waals surface area contributed by atoms with Crippen molar-refractivity contribution in [3.8, 4) is 0 Å². The number of halogens is 6. The van der Waals surface area contributed by atoms with Gasteiger partial charge in [0, 0.05) is 0 Å². The van der Waals surface area contributed by atoms with Gasteiger partial charge in [-0.3, -0.25) is 10.2 Å². The van der Waals surface area contributed by atoms with Crippen LogP contribution in [-0.2, 0) is 0 Å². The van der Waals surface area contributed by atoms with E-state index >= 15 is 0 Å². The molecule has 11 heteroatoms. The molecule has 1 amide bonds. The van der Waals surface area contributed by atoms with Crippen LogP contribution in [0.3, 0.4) is 0 Å². The van der Waals surface area contributed by atoms with Crippen LogP contribution < -0.4 is 5.32 Å². The van der Waals surface area contributed by atoms with E-state index in [2.05, 4.69) is 13.2 Å². The first-order chi connectivity index (χ1) is 9.75. The van der Waals surface area contributed by atoms with Gasteiger partial charge in [0.1, 0.15) is 6.80 Å². The average molecular weight is 343 g/mol. The highest BCUT2D eigenvalue weighted by Crippen LogP contribution is 2.13. The fourth-order valence-corrected chi connectivity index (χ4v) is 0.253. The molecule has 136 valence electrons. The molecule has 22 heavy (non-hydrogen) atoms. The number of hydrogen-bond donors (Lipinski definition) is 1. The highest BCUT2D eigenvalue weighted by Gasteiger charge is 2.26. The third-order valence-electron chi connectivity index (χ3n) is 0.989. The zero-order valence-corrected chi connectivity index (χ0v) is 13.0. The molecule has 0 bridgehead atoms. The first-order valence-corrected chi connectivity index (χ1v) is 5.56. The maximum absolute atomic E-state index is 11.3. The lowest BCUT2D eigenvalue weighted by molar-refractivity contribution is -0.841. The number of quaternary nitrogens is 1. The molecule has 0 aliphatic heterocycles. The summed E-state index contributed by atoms with van der Waals surface area (Å²) in [4.78, 5) is 11.0. The minimum Gasteiger partial charge on any atom is -0.632 e. The predicted octanol–water partition coefficient (Wildman–Crippen LogP) is 2.99. The van der Waals surface area contributed by atoms with E-state index in [4.69, 9.17) is 0 Å². The Kier molecular flexibility index (Phi) is 21.0. The Morgan fingerprint density at radius 2 is 1.50 bits per heavy atom. The minimum atomic E-state index is -4.62. The van der Waals surface area contributed by atoms with Crippen LogP contribution in [0.2, 0.25) is 0 Å². The van der Waals surface area contributed by atoms with Gasteiger partial charge in [-0.05, 0) is 14.1 Å². The normalized spacial score (nSPS) is 10.2. The molecule has 0 saturated carbocycles. The Hall–Kier alpha value is -1.33. The monoisotopic (exact) mass is 343 g/mol. The van der Waals surface area contributed by atoms with Gasteiger partial charge in [0.25, 0.3) is 0 Å². The summed E-state index contributed by atoms with van der Waals surface area (Å²) in [5.74, 6) is 0. The summed E-state index contributed by atoms with van der Waals surface area (Å²) in [7, 11) is 5.96. The van der Waals surface area contributed by atoms with E-state index in [-0.39, 0.29) is 13.5 Å². The number of hydrogen-bond acceptors (Lipinski definition) is 3. The van der Waals surface area contributed by atoms with Gasteiger partial charge >= 0.3 is 12.3 Å². The largest absolute Gasteiger partial charge is 0.632 e. The Labute approximate surface area is 126 Å². The SMILES string of the molecule is C=C.CN(C)CF.C[N+](C)([O-])CNC(=O)F.FCC(F)(F)F. The van der Waals surface area contributed by atoms with E-state index in [0.717, 1.165) is 0 Å². The van der Waals surface area contributed by atoms with Crippen LogP contribution in [0.15, 0.2) is 13.2 Å². The first kappa shape index (κ1) is 28.8. The molecule has 0 atom stereocenters. The van der Waals surface area contributed by atoms with Crippen molar-refractivity contribution in [2.45, 2.75) is 6.18 Å². The summed E-state index contributed by atoms with van der Waals surface area (Å²) < 4.78 is 63.3. The van der Waals surface area contributed by atoms with Crippen LogP contribution in [0.4, 0.5) is 31.1 Å². The number of amides is 1. The van der Waals surface area contributed by atoms with Crippen molar-refractivity contribution in [2.75, 3.05) is 48.3 Å². The van der Waals surface area contributed by atoms with Crippen molar-refractivity contribution in [1.29, 1.82) is 0 Å². The van der Waals surface area contributed by atoms with Gasteiger partial charge in [0.2, 0.25) is 0 Å². The van der Waals surface area contributed by atoms with E-state index in [9.17, 15) is 36.3 Å². The molecule has 0 aromatic heterocycles. The standard InChI is InChI=1S/C4H9FN2O2.C3H8FN.C2H2F4.C2H4/c1-7(2,9)3-6-4(5)8;1-5(2)3-4;3-1-2(4,5)6;1-2/h3H2,1-2H3,(H,6,8);3H2,1-2H3;1H2;1-2H2. The molecule has 0 saturated heterocycles. The third-order valence-corrected chi connectivity index (χ3v) is 0.989. The van der Waals surface area contributed by atoms with Crippen LogP contribution in [0.25, 0.3) is 0 Å². The molecular weight excluding hydrogens is 320 g/mol. The van der Waals surface area contributed by atoms with Crippen molar-refractivity contribution >= 4 is 6.16 Å². The van der Waals surface area contributed by atoms with E-state index in [1.54, 1.807) is 19.4 Å². The Balaban J connectivity index is -0.000000109. The van der Waals surface area contributed by atoms with Crippen molar-refractivity contribution in [3.63, 3.8) is 0 Å². The van der Waals surface area contributed by atoms with Crippen LogP contribution in [0, 0.1) is 5.21 Å². The summed E-state index contributed by atoms with van der Waals surface area (Å²) in [5.41, 5.74) is 0. The molecule has 1 N–H and O–H groups in total. The van der Waals surface area contributed by atoms with Gasteiger partial charge in [0.05, 0.1) is 14.1 Å². The minimum absolute atomic E-state index is 0.241. The number of nitrogens with zero attached hydrogens (tertiary/aromatic N) is 2. The summed E-state index contributed by atoms with van der Waals surface area (Å²) in [6.45, 7) is 3.17. The first-order valence-electron chi connectivity index (χ1n) is 5.56. The highest BCUT2D eigenvalue weighted by atomic mass is 19.4. The molecular formula is C11H23F6N3O2. The fourth-order valence-electron chi connectivity index (χ4n) is 0.253. The van der Waals surface area contributed by atoms with Crippen LogP contribution in [0.5, 0.6) is 0 Å². The Morgan fingerprint density at radius 3 is 1.55 bits per heavy atom. The van der Waals surface area contributed by atoms with E-state index in [1.165, 1.54) is 19.0 Å². The molecule has 0 rings (SSSR count). The molecule has 0 aliphatic rings. The Morgan fingerprint density at radius 1 is 1.23 bits per heavy atom. The Bertz CT molecular complexity index is 257. The fraction of sp³-hybridized carbons (Fsp3) is 0.727. The predicted molar refractivity (Wildman–Crippen MR) is 72.9 cm³/mol. The lowest BCUT2D eigenvalue weighted by Gasteiger charge is -2.32. The number of carbonyl (C=O) groups is 1. The average Bonchev–Trinajstić information content (AvgIpc) is 2.38.